The minimum Gasteiger partial charge on any atom is -0.326 e. The van der Waals surface area contributed by atoms with Gasteiger partial charge in [-0.25, -0.2) is 8.42 Å². The molecule has 6 heteroatoms. The van der Waals surface area contributed by atoms with E-state index in [2.05, 4.69) is 5.32 Å². The topological polar surface area (TPSA) is 66.5 Å². The van der Waals surface area contributed by atoms with Gasteiger partial charge in [-0.2, -0.15) is 0 Å². The number of hydrogen-bond acceptors (Lipinski definition) is 3. The Hall–Kier alpha value is -2.86. The Balaban J connectivity index is 1.54. The first kappa shape index (κ1) is 18.5. The van der Waals surface area contributed by atoms with Crippen molar-refractivity contribution in [2.24, 2.45) is 0 Å². The molecule has 0 fully saturated rings. The van der Waals surface area contributed by atoms with Crippen LogP contribution < -0.4 is 9.62 Å². The van der Waals surface area contributed by atoms with E-state index in [-0.39, 0.29) is 12.3 Å². The smallest absolute Gasteiger partial charge is 0.232 e. The van der Waals surface area contributed by atoms with Gasteiger partial charge in [0.1, 0.15) is 0 Å². The summed E-state index contributed by atoms with van der Waals surface area (Å²) in [5.41, 5.74) is 3.33. The van der Waals surface area contributed by atoms with Crippen LogP contribution in [0, 0.1) is 0 Å². The summed E-state index contributed by atoms with van der Waals surface area (Å²) >= 11 is 0. The molecule has 0 saturated heterocycles. The SMILES string of the molecule is CS(=O)(=O)N1CCCc2cc(NC(=O)Cc3cccc4ccccc34)ccc21. The number of nitrogens with one attached hydrogen (secondary N) is 1. The van der Waals surface area contributed by atoms with Crippen molar-refractivity contribution in [2.75, 3.05) is 22.4 Å². The molecule has 28 heavy (non-hydrogen) atoms. The van der Waals surface area contributed by atoms with Crippen molar-refractivity contribution in [2.45, 2.75) is 19.3 Å². The molecule has 0 unspecified atom stereocenters. The van der Waals surface area contributed by atoms with Gasteiger partial charge >= 0.3 is 0 Å². The summed E-state index contributed by atoms with van der Waals surface area (Å²) in [5.74, 6) is -0.0907. The highest BCUT2D eigenvalue weighted by Gasteiger charge is 2.24. The van der Waals surface area contributed by atoms with Crippen molar-refractivity contribution in [3.8, 4) is 0 Å². The van der Waals surface area contributed by atoms with E-state index < -0.39 is 10.0 Å². The number of aryl methyl sites for hydroxylation is 1. The minimum absolute atomic E-state index is 0.0907. The maximum atomic E-state index is 12.6. The van der Waals surface area contributed by atoms with E-state index in [9.17, 15) is 13.2 Å². The quantitative estimate of drug-likeness (QED) is 0.733. The zero-order valence-corrected chi connectivity index (χ0v) is 16.5. The number of rotatable bonds is 4. The van der Waals surface area contributed by atoms with Crippen LogP contribution in [-0.4, -0.2) is 27.1 Å². The molecule has 1 N–H and O–H groups in total. The Kier molecular flexibility index (Phi) is 4.81. The van der Waals surface area contributed by atoms with Crippen LogP contribution in [-0.2, 0) is 27.7 Å². The van der Waals surface area contributed by atoms with Gasteiger partial charge in [0.15, 0.2) is 0 Å². The number of benzene rings is 3. The predicted octanol–water partition coefficient (Wildman–Crippen LogP) is 3.73. The van der Waals surface area contributed by atoms with Crippen LogP contribution >= 0.6 is 0 Å². The highest BCUT2D eigenvalue weighted by atomic mass is 32.2. The molecule has 1 aliphatic heterocycles. The fraction of sp³-hybridized carbons (Fsp3) is 0.227. The van der Waals surface area contributed by atoms with Crippen LogP contribution in [0.5, 0.6) is 0 Å². The molecular formula is C22H22N2O3S. The van der Waals surface area contributed by atoms with Crippen LogP contribution in [0.4, 0.5) is 11.4 Å². The molecule has 0 aromatic heterocycles. The number of amides is 1. The molecule has 1 amide bonds. The first-order valence-electron chi connectivity index (χ1n) is 9.29. The fourth-order valence-electron chi connectivity index (χ4n) is 3.81. The zero-order valence-electron chi connectivity index (χ0n) is 15.7. The first-order valence-corrected chi connectivity index (χ1v) is 11.1. The summed E-state index contributed by atoms with van der Waals surface area (Å²) in [7, 11) is -3.29. The van der Waals surface area contributed by atoms with Gasteiger partial charge in [0.25, 0.3) is 0 Å². The molecule has 3 aromatic carbocycles. The zero-order chi connectivity index (χ0) is 19.7. The highest BCUT2D eigenvalue weighted by molar-refractivity contribution is 7.92. The van der Waals surface area contributed by atoms with Crippen molar-refractivity contribution >= 4 is 38.1 Å². The summed E-state index contributed by atoms with van der Waals surface area (Å²) < 4.78 is 25.4. The average molecular weight is 394 g/mol. The second kappa shape index (κ2) is 7.28. The molecule has 144 valence electrons. The lowest BCUT2D eigenvalue weighted by atomic mass is 10.0. The third-order valence-electron chi connectivity index (χ3n) is 5.07. The second-order valence-corrected chi connectivity index (χ2v) is 9.05. The molecule has 1 aliphatic rings. The van der Waals surface area contributed by atoms with Gasteiger partial charge in [0.05, 0.1) is 18.4 Å². The summed E-state index contributed by atoms with van der Waals surface area (Å²) in [6, 6.07) is 19.4. The number of anilines is 2. The predicted molar refractivity (Wildman–Crippen MR) is 113 cm³/mol. The van der Waals surface area contributed by atoms with Gasteiger partial charge in [-0.05, 0) is 52.9 Å². The van der Waals surface area contributed by atoms with Crippen LogP contribution in [0.1, 0.15) is 17.5 Å². The van der Waals surface area contributed by atoms with E-state index >= 15 is 0 Å². The molecule has 5 nitrogen and oxygen atoms in total. The van der Waals surface area contributed by atoms with Gasteiger partial charge in [-0.3, -0.25) is 9.10 Å². The Morgan fingerprint density at radius 3 is 2.68 bits per heavy atom. The standard InChI is InChI=1S/C22H22N2O3S/c1-28(26,27)24-13-5-9-18-14-19(11-12-21(18)24)23-22(25)15-17-8-4-7-16-6-2-3-10-20(16)17/h2-4,6-8,10-12,14H,5,9,13,15H2,1H3,(H,23,25). The van der Waals surface area contributed by atoms with Crippen LogP contribution in [0.15, 0.2) is 60.7 Å². The minimum atomic E-state index is -3.29. The molecule has 0 bridgehead atoms. The van der Waals surface area contributed by atoms with Crippen LogP contribution in [0.3, 0.4) is 0 Å². The fourth-order valence-corrected chi connectivity index (χ4v) is 4.81. The number of nitrogens with zero attached hydrogens (tertiary/aromatic N) is 1. The highest BCUT2D eigenvalue weighted by Crippen LogP contribution is 2.31. The Bertz CT molecular complexity index is 1150. The van der Waals surface area contributed by atoms with E-state index in [1.54, 1.807) is 12.1 Å². The second-order valence-electron chi connectivity index (χ2n) is 7.15. The number of hydrogen-bond donors (Lipinski definition) is 1. The molecular weight excluding hydrogens is 372 g/mol. The summed E-state index contributed by atoms with van der Waals surface area (Å²) in [6.07, 6.45) is 3.08. The van der Waals surface area contributed by atoms with Crippen LogP contribution in [0.25, 0.3) is 10.8 Å². The number of carbonyl (C=O) groups excluding carboxylic acids is 1. The molecule has 0 saturated carbocycles. The van der Waals surface area contributed by atoms with Crippen LogP contribution in [0.2, 0.25) is 0 Å². The van der Waals surface area contributed by atoms with E-state index in [4.69, 9.17) is 0 Å². The summed E-state index contributed by atoms with van der Waals surface area (Å²) in [4.78, 5) is 12.6. The monoisotopic (exact) mass is 394 g/mol. The van der Waals surface area contributed by atoms with Crippen molar-refractivity contribution < 1.29 is 13.2 Å². The number of fused-ring (bicyclic) bond motifs is 2. The number of sulfonamides is 1. The molecule has 0 spiro atoms. The van der Waals surface area contributed by atoms with Crippen molar-refractivity contribution in [3.63, 3.8) is 0 Å². The third kappa shape index (κ3) is 3.73. The molecule has 1 heterocycles. The van der Waals surface area contributed by atoms with Crippen molar-refractivity contribution in [1.29, 1.82) is 0 Å². The van der Waals surface area contributed by atoms with Gasteiger partial charge in [-0.1, -0.05) is 42.5 Å². The molecule has 3 aromatic rings. The maximum absolute atomic E-state index is 12.6. The lowest BCUT2D eigenvalue weighted by Gasteiger charge is -2.29. The Labute approximate surface area is 165 Å². The van der Waals surface area contributed by atoms with Gasteiger partial charge in [0.2, 0.25) is 15.9 Å². The molecule has 0 aliphatic carbocycles. The lowest BCUT2D eigenvalue weighted by Crippen LogP contribution is -2.34. The molecule has 0 atom stereocenters. The summed E-state index contributed by atoms with van der Waals surface area (Å²) in [5, 5.41) is 5.14. The number of carbonyl (C=O) groups is 1. The van der Waals surface area contributed by atoms with Gasteiger partial charge in [-0.15, -0.1) is 0 Å². The van der Waals surface area contributed by atoms with E-state index in [1.165, 1.54) is 10.6 Å². The molecule has 4 rings (SSSR count). The van der Waals surface area contributed by atoms with Gasteiger partial charge < -0.3 is 5.32 Å². The normalized spacial score (nSPS) is 14.0. The van der Waals surface area contributed by atoms with Gasteiger partial charge in [0, 0.05) is 12.2 Å². The lowest BCUT2D eigenvalue weighted by molar-refractivity contribution is -0.115. The molecule has 0 radical (unpaired) electrons. The van der Waals surface area contributed by atoms with Crippen molar-refractivity contribution in [3.05, 3.63) is 71.8 Å². The third-order valence-corrected chi connectivity index (χ3v) is 6.25. The summed E-state index contributed by atoms with van der Waals surface area (Å²) in [6.45, 7) is 0.499. The Morgan fingerprint density at radius 1 is 1.07 bits per heavy atom. The Morgan fingerprint density at radius 2 is 1.86 bits per heavy atom. The van der Waals surface area contributed by atoms with Crippen molar-refractivity contribution in [1.82, 2.24) is 0 Å². The van der Waals surface area contributed by atoms with E-state index in [0.29, 0.717) is 17.9 Å². The largest absolute Gasteiger partial charge is 0.326 e. The van der Waals surface area contributed by atoms with E-state index in [0.717, 1.165) is 34.7 Å². The maximum Gasteiger partial charge on any atom is 0.232 e. The average Bonchev–Trinajstić information content (AvgIpc) is 2.67. The first-order chi connectivity index (χ1) is 13.4. The van der Waals surface area contributed by atoms with E-state index in [1.807, 2.05) is 48.5 Å².